The van der Waals surface area contributed by atoms with E-state index in [0.717, 1.165) is 13.1 Å². The minimum atomic E-state index is -6.34. The minimum Gasteiger partial charge on any atom is -0.369 e. The highest BCUT2D eigenvalue weighted by molar-refractivity contribution is 6.31. The molecule has 0 aliphatic carbocycles. The van der Waals surface area contributed by atoms with Crippen molar-refractivity contribution in [3.8, 4) is 22.7 Å². The molecule has 2 N–H and O–H groups in total. The van der Waals surface area contributed by atoms with Gasteiger partial charge in [0.05, 0.1) is 0 Å². The van der Waals surface area contributed by atoms with Crippen LogP contribution in [0.25, 0.3) is 22.7 Å². The molecule has 0 fully saturated rings. The largest absolute Gasteiger partial charge is 0.459 e. The van der Waals surface area contributed by atoms with Crippen molar-refractivity contribution < 1.29 is 44.8 Å². The van der Waals surface area contributed by atoms with Crippen molar-refractivity contribution in [2.75, 3.05) is 5.32 Å². The number of nitrogens with zero attached hydrogens (tertiary/aromatic N) is 3. The van der Waals surface area contributed by atoms with Gasteiger partial charge in [-0.3, -0.25) is 4.68 Å². The van der Waals surface area contributed by atoms with Crippen molar-refractivity contribution in [3.63, 3.8) is 0 Å². The van der Waals surface area contributed by atoms with Crippen molar-refractivity contribution in [3.05, 3.63) is 75.4 Å². The number of aliphatic hydroxyl groups is 1. The van der Waals surface area contributed by atoms with Gasteiger partial charge in [-0.05, 0) is 42.5 Å². The molecule has 0 saturated heterocycles. The molecule has 39 heavy (non-hydrogen) atoms. The van der Waals surface area contributed by atoms with Crippen LogP contribution in [0.1, 0.15) is 23.0 Å². The molecule has 2 heterocycles. The zero-order valence-corrected chi connectivity index (χ0v) is 20.7. The second kappa shape index (κ2) is 9.99. The van der Waals surface area contributed by atoms with Crippen molar-refractivity contribution in [1.82, 2.24) is 14.9 Å². The zero-order valence-electron chi connectivity index (χ0n) is 19.2. The third-order valence-electron chi connectivity index (χ3n) is 5.46. The smallest absolute Gasteiger partial charge is 0.369 e. The molecule has 0 amide bonds. The monoisotopic (exact) mass is 600 g/mol. The fourth-order valence-corrected chi connectivity index (χ4v) is 4.00. The summed E-state index contributed by atoms with van der Waals surface area (Å²) in [6.07, 6.45) is -13.4. The summed E-state index contributed by atoms with van der Waals surface area (Å²) in [4.78, 5) is 0. The Morgan fingerprint density at radius 2 is 1.59 bits per heavy atom. The van der Waals surface area contributed by atoms with Gasteiger partial charge in [0.1, 0.15) is 17.0 Å². The van der Waals surface area contributed by atoms with Gasteiger partial charge in [0.2, 0.25) is 0 Å². The summed E-state index contributed by atoms with van der Waals surface area (Å²) in [7, 11) is 0.758. The molecule has 0 saturated carbocycles. The van der Waals surface area contributed by atoms with Gasteiger partial charge in [0.15, 0.2) is 17.7 Å². The van der Waals surface area contributed by atoms with Crippen LogP contribution in [0.5, 0.6) is 0 Å². The van der Waals surface area contributed by atoms with E-state index in [-0.39, 0.29) is 26.6 Å². The molecule has 0 bridgehead atoms. The van der Waals surface area contributed by atoms with E-state index in [9.17, 15) is 40.2 Å². The number of benzene rings is 2. The molecular weight excluding hydrogens is 587 g/mol. The highest BCUT2D eigenvalue weighted by atomic mass is 35.5. The number of aliphatic hydroxyl groups excluding tert-OH is 1. The number of rotatable bonds is 6. The van der Waals surface area contributed by atoms with Crippen LogP contribution in [-0.2, 0) is 19.1 Å². The number of aryl methyl sites for hydroxylation is 1. The van der Waals surface area contributed by atoms with E-state index < -0.39 is 47.1 Å². The fourth-order valence-electron chi connectivity index (χ4n) is 3.65. The molecule has 4 rings (SSSR count). The van der Waals surface area contributed by atoms with Crippen LogP contribution in [0, 0.1) is 0 Å². The van der Waals surface area contributed by atoms with Crippen LogP contribution in [0.3, 0.4) is 0 Å². The number of anilines is 1. The highest BCUT2D eigenvalue weighted by Gasteiger charge is 2.64. The van der Waals surface area contributed by atoms with Gasteiger partial charge in [-0.15, -0.1) is 0 Å². The second-order valence-electron chi connectivity index (χ2n) is 8.13. The van der Waals surface area contributed by atoms with Gasteiger partial charge in [-0.2, -0.15) is 40.2 Å². The van der Waals surface area contributed by atoms with Gasteiger partial charge in [0, 0.05) is 40.0 Å². The van der Waals surface area contributed by atoms with Crippen molar-refractivity contribution in [1.29, 1.82) is 0 Å². The van der Waals surface area contributed by atoms with Gasteiger partial charge in [-0.25, -0.2) is 0 Å². The van der Waals surface area contributed by atoms with Crippen molar-refractivity contribution >= 4 is 28.9 Å². The van der Waals surface area contributed by atoms with E-state index in [1.54, 1.807) is 24.3 Å². The maximum atomic E-state index is 14.0. The van der Waals surface area contributed by atoms with E-state index in [0.29, 0.717) is 10.7 Å². The van der Waals surface area contributed by atoms with Gasteiger partial charge in [-0.1, -0.05) is 28.4 Å². The molecular formula is C23H14Cl2F8N4O2. The summed E-state index contributed by atoms with van der Waals surface area (Å²) in [5.41, 5.74) is -5.99. The molecule has 6 nitrogen and oxygen atoms in total. The second-order valence-corrected chi connectivity index (χ2v) is 8.98. The molecule has 1 atom stereocenters. The molecule has 4 aromatic rings. The third kappa shape index (κ3) is 5.54. The standard InChI is InChI=1S/C23H14Cl2F8N4O2/c1-37-18(17(22(28,29)30)19(35-37)21(26,27)23(31,32)33)15-9-16(39-36-15)10-2-7-14(25)13(8-10)20(38)34-12-5-3-11(24)4-6-12/h2-9,20,34,38H,1H3. The Bertz CT molecular complexity index is 1500. The number of alkyl halides is 8. The molecule has 2 aromatic heterocycles. The van der Waals surface area contributed by atoms with E-state index in [4.69, 9.17) is 27.7 Å². The maximum absolute atomic E-state index is 14.0. The Morgan fingerprint density at radius 3 is 2.18 bits per heavy atom. The normalized spacial score (nSPS) is 13.5. The maximum Gasteiger partial charge on any atom is 0.459 e. The quantitative estimate of drug-likeness (QED) is 0.174. The first-order valence-corrected chi connectivity index (χ1v) is 11.3. The van der Waals surface area contributed by atoms with E-state index in [1.807, 2.05) is 0 Å². The predicted molar refractivity (Wildman–Crippen MR) is 124 cm³/mol. The van der Waals surface area contributed by atoms with Gasteiger partial charge < -0.3 is 14.9 Å². The lowest BCUT2D eigenvalue weighted by Gasteiger charge is -2.19. The van der Waals surface area contributed by atoms with E-state index in [2.05, 4.69) is 15.6 Å². The fraction of sp³-hybridized carbons (Fsp3) is 0.217. The number of aromatic nitrogens is 3. The number of nitrogens with one attached hydrogen (secondary N) is 1. The molecule has 0 radical (unpaired) electrons. The Morgan fingerprint density at radius 1 is 0.949 bits per heavy atom. The lowest BCUT2D eigenvalue weighted by Crippen LogP contribution is -2.36. The third-order valence-corrected chi connectivity index (χ3v) is 6.06. The number of hydrogen-bond acceptors (Lipinski definition) is 5. The van der Waals surface area contributed by atoms with Crippen LogP contribution in [0.4, 0.5) is 40.8 Å². The summed E-state index contributed by atoms with van der Waals surface area (Å²) in [6.45, 7) is 0. The lowest BCUT2D eigenvalue weighted by molar-refractivity contribution is -0.292. The molecule has 0 spiro atoms. The number of hydrogen-bond donors (Lipinski definition) is 2. The van der Waals surface area contributed by atoms with Crippen LogP contribution in [-0.4, -0.2) is 26.2 Å². The number of halogens is 10. The first-order valence-electron chi connectivity index (χ1n) is 10.6. The Balaban J connectivity index is 1.74. The highest BCUT2D eigenvalue weighted by Crippen LogP contribution is 2.50. The SMILES string of the molecule is Cn1nc(C(F)(F)C(F)(F)F)c(C(F)(F)F)c1-c1cc(-c2ccc(Cl)c(C(O)Nc3ccc(Cl)cc3)c2)on1. The van der Waals surface area contributed by atoms with Crippen molar-refractivity contribution in [2.45, 2.75) is 24.5 Å². The molecule has 1 unspecified atom stereocenters. The zero-order chi connectivity index (χ0) is 28.9. The van der Waals surface area contributed by atoms with Crippen LogP contribution >= 0.6 is 23.2 Å². The summed E-state index contributed by atoms with van der Waals surface area (Å²) in [6, 6.07) is 11.2. The lowest BCUT2D eigenvalue weighted by atomic mass is 10.0. The molecule has 2 aromatic carbocycles. The molecule has 0 aliphatic heterocycles. The molecule has 208 valence electrons. The van der Waals surface area contributed by atoms with Crippen LogP contribution in [0.15, 0.2) is 53.1 Å². The van der Waals surface area contributed by atoms with Crippen molar-refractivity contribution in [2.24, 2.45) is 7.05 Å². The average molecular weight is 601 g/mol. The summed E-state index contributed by atoms with van der Waals surface area (Å²) < 4.78 is 113. The average Bonchev–Trinajstić information content (AvgIpc) is 3.44. The Labute approximate surface area is 223 Å². The topological polar surface area (TPSA) is 76.1 Å². The van der Waals surface area contributed by atoms with Crippen LogP contribution < -0.4 is 5.32 Å². The summed E-state index contributed by atoms with van der Waals surface area (Å²) in [5.74, 6) is -6.11. The van der Waals surface area contributed by atoms with E-state index in [1.165, 1.54) is 18.2 Å². The Hall–Kier alpha value is -3.36. The summed E-state index contributed by atoms with van der Waals surface area (Å²) >= 11 is 12.0. The molecule has 0 aliphatic rings. The Kier molecular flexibility index (Phi) is 7.34. The first kappa shape index (κ1) is 28.6. The minimum absolute atomic E-state index is 0.0949. The summed E-state index contributed by atoms with van der Waals surface area (Å²) in [5, 5.41) is 20.2. The van der Waals surface area contributed by atoms with Gasteiger partial charge in [0.25, 0.3) is 0 Å². The van der Waals surface area contributed by atoms with E-state index >= 15 is 0 Å². The predicted octanol–water partition coefficient (Wildman–Crippen LogP) is 7.82. The van der Waals surface area contributed by atoms with Gasteiger partial charge >= 0.3 is 18.3 Å². The first-order chi connectivity index (χ1) is 18.0. The van der Waals surface area contributed by atoms with Crippen LogP contribution in [0.2, 0.25) is 10.0 Å². The molecule has 16 heteroatoms.